The Labute approximate surface area is 206 Å². The number of carbonyl (C=O) groups excluding carboxylic acids is 4. The molecule has 0 aromatic heterocycles. The van der Waals surface area contributed by atoms with Crippen molar-refractivity contribution in [2.24, 2.45) is 10.8 Å². The number of nitrogens with zero attached hydrogens (tertiary/aromatic N) is 2. The quantitative estimate of drug-likeness (QED) is 0.467. The largest absolute Gasteiger partial charge is 0.457 e. The zero-order chi connectivity index (χ0) is 25.7. The molecule has 35 heavy (non-hydrogen) atoms. The number of hydrogen-bond acceptors (Lipinski definition) is 5. The normalized spacial score (nSPS) is 15.7. The molecule has 0 saturated heterocycles. The average molecular weight is 477 g/mol. The summed E-state index contributed by atoms with van der Waals surface area (Å²) >= 11 is 0. The van der Waals surface area contributed by atoms with Crippen molar-refractivity contribution < 1.29 is 23.9 Å². The van der Waals surface area contributed by atoms with Crippen LogP contribution >= 0.6 is 0 Å². The summed E-state index contributed by atoms with van der Waals surface area (Å²) in [5, 5.41) is 0. The summed E-state index contributed by atoms with van der Waals surface area (Å²) in [5.41, 5.74) is 1.30. The van der Waals surface area contributed by atoms with E-state index in [4.69, 9.17) is 4.74 Å². The van der Waals surface area contributed by atoms with Crippen molar-refractivity contribution in [3.63, 3.8) is 0 Å². The van der Waals surface area contributed by atoms with Gasteiger partial charge in [0.2, 0.25) is 0 Å². The molecule has 7 nitrogen and oxygen atoms in total. The van der Waals surface area contributed by atoms with E-state index in [1.165, 1.54) is 18.0 Å². The standard InChI is InChI=1S/C28H32N2O5/c1-7-27(2,3)12-13-28(4,5)16-30-25(33)20-11-9-18(15-22(20)26(30)34)35-17-8-10-19-21(14-17)24(32)29(6)23(19)31/h8-11,14-15H,7,12-13,16H2,1-6H3. The molecule has 184 valence electrons. The molecule has 4 rings (SSSR count). The predicted molar refractivity (Wildman–Crippen MR) is 132 cm³/mol. The molecule has 7 heteroatoms. The molecule has 0 N–H and O–H groups in total. The Bertz CT molecular complexity index is 1240. The van der Waals surface area contributed by atoms with E-state index in [1.54, 1.807) is 30.3 Å². The zero-order valence-electron chi connectivity index (χ0n) is 21.2. The van der Waals surface area contributed by atoms with Crippen molar-refractivity contribution in [1.29, 1.82) is 0 Å². The van der Waals surface area contributed by atoms with E-state index >= 15 is 0 Å². The van der Waals surface area contributed by atoms with E-state index in [0.717, 1.165) is 24.2 Å². The lowest BCUT2D eigenvalue weighted by Crippen LogP contribution is -2.38. The molecule has 2 aliphatic heterocycles. The Hall–Kier alpha value is -3.48. The zero-order valence-corrected chi connectivity index (χ0v) is 21.2. The minimum Gasteiger partial charge on any atom is -0.457 e. The molecular formula is C28H32N2O5. The van der Waals surface area contributed by atoms with Crippen molar-refractivity contribution in [3.05, 3.63) is 58.7 Å². The number of ether oxygens (including phenoxy) is 1. The van der Waals surface area contributed by atoms with Crippen LogP contribution in [0.5, 0.6) is 11.5 Å². The van der Waals surface area contributed by atoms with Crippen molar-refractivity contribution in [1.82, 2.24) is 9.80 Å². The number of hydrogen-bond donors (Lipinski definition) is 0. The fourth-order valence-electron chi connectivity index (χ4n) is 4.38. The second-order valence-electron chi connectivity index (χ2n) is 11.1. The maximum absolute atomic E-state index is 13.2. The summed E-state index contributed by atoms with van der Waals surface area (Å²) in [6, 6.07) is 9.49. The third-order valence-electron chi connectivity index (χ3n) is 7.26. The topological polar surface area (TPSA) is 84.0 Å². The van der Waals surface area contributed by atoms with Crippen LogP contribution in [0.15, 0.2) is 36.4 Å². The molecular weight excluding hydrogens is 444 g/mol. The number of amides is 4. The molecule has 4 amide bonds. The van der Waals surface area contributed by atoms with E-state index < -0.39 is 0 Å². The van der Waals surface area contributed by atoms with Crippen LogP contribution in [0, 0.1) is 10.8 Å². The van der Waals surface area contributed by atoms with Gasteiger partial charge in [0, 0.05) is 13.6 Å². The molecule has 0 spiro atoms. The summed E-state index contributed by atoms with van der Waals surface area (Å²) in [7, 11) is 1.44. The fraction of sp³-hybridized carbons (Fsp3) is 0.429. The molecule has 0 fully saturated rings. The minimum absolute atomic E-state index is 0.208. The number of carbonyl (C=O) groups is 4. The molecule has 2 aromatic rings. The van der Waals surface area contributed by atoms with Crippen molar-refractivity contribution in [3.8, 4) is 11.5 Å². The first-order valence-corrected chi connectivity index (χ1v) is 12.0. The van der Waals surface area contributed by atoms with Gasteiger partial charge >= 0.3 is 0 Å². The van der Waals surface area contributed by atoms with E-state index in [1.807, 2.05) is 0 Å². The Balaban J connectivity index is 1.50. The maximum atomic E-state index is 13.2. The highest BCUT2D eigenvalue weighted by atomic mass is 16.5. The van der Waals surface area contributed by atoms with E-state index in [9.17, 15) is 19.2 Å². The number of imide groups is 2. The summed E-state index contributed by atoms with van der Waals surface area (Å²) in [4.78, 5) is 53.0. The molecule has 2 heterocycles. The molecule has 2 aromatic carbocycles. The summed E-state index contributed by atoms with van der Waals surface area (Å²) in [6.07, 6.45) is 3.00. The molecule has 0 saturated carbocycles. The highest BCUT2D eigenvalue weighted by Crippen LogP contribution is 2.36. The number of benzene rings is 2. The van der Waals surface area contributed by atoms with Crippen molar-refractivity contribution in [2.75, 3.05) is 13.6 Å². The Kier molecular flexibility index (Phi) is 6.07. The van der Waals surface area contributed by atoms with Gasteiger partial charge in [-0.3, -0.25) is 29.0 Å². The van der Waals surface area contributed by atoms with Crippen molar-refractivity contribution in [2.45, 2.75) is 53.9 Å². The molecule has 0 atom stereocenters. The Morgan fingerprint density at radius 1 is 0.686 bits per heavy atom. The SMILES string of the molecule is CCC(C)(C)CCC(C)(C)CN1C(=O)c2ccc(Oc3ccc4c(c3)C(=O)N(C)C4=O)cc2C1=O. The Morgan fingerprint density at radius 2 is 1.14 bits per heavy atom. The van der Waals surface area contributed by atoms with Gasteiger partial charge in [0.1, 0.15) is 11.5 Å². The number of rotatable bonds is 8. The van der Waals surface area contributed by atoms with Gasteiger partial charge in [-0.2, -0.15) is 0 Å². The average Bonchev–Trinajstić information content (AvgIpc) is 3.17. The first kappa shape index (κ1) is 24.6. The summed E-state index contributed by atoms with van der Waals surface area (Å²) in [6.45, 7) is 11.2. The monoisotopic (exact) mass is 476 g/mol. The lowest BCUT2D eigenvalue weighted by molar-refractivity contribution is 0.0572. The molecule has 0 aliphatic carbocycles. The van der Waals surface area contributed by atoms with Gasteiger partial charge in [0.25, 0.3) is 23.6 Å². The summed E-state index contributed by atoms with van der Waals surface area (Å²) < 4.78 is 5.89. The van der Waals surface area contributed by atoms with Crippen LogP contribution in [-0.4, -0.2) is 47.0 Å². The van der Waals surface area contributed by atoms with Gasteiger partial charge in [0.15, 0.2) is 0 Å². The third-order valence-corrected chi connectivity index (χ3v) is 7.26. The van der Waals surface area contributed by atoms with Gasteiger partial charge in [-0.25, -0.2) is 0 Å². The highest BCUT2D eigenvalue weighted by Gasteiger charge is 2.39. The second kappa shape index (κ2) is 8.63. The second-order valence-corrected chi connectivity index (χ2v) is 11.1. The fourth-order valence-corrected chi connectivity index (χ4v) is 4.38. The van der Waals surface area contributed by atoms with Gasteiger partial charge in [-0.05, 0) is 60.1 Å². The Morgan fingerprint density at radius 3 is 1.71 bits per heavy atom. The summed E-state index contributed by atoms with van der Waals surface area (Å²) in [5.74, 6) is -0.599. The van der Waals surface area contributed by atoms with E-state index in [0.29, 0.717) is 34.7 Å². The molecule has 0 bridgehead atoms. The van der Waals surface area contributed by atoms with Gasteiger partial charge in [0.05, 0.1) is 22.3 Å². The predicted octanol–water partition coefficient (Wildman–Crippen LogP) is 5.54. The molecule has 0 unspecified atom stereocenters. The number of fused-ring (bicyclic) bond motifs is 2. The van der Waals surface area contributed by atoms with Crippen LogP contribution in [0.4, 0.5) is 0 Å². The van der Waals surface area contributed by atoms with Crippen LogP contribution < -0.4 is 4.74 Å². The maximum Gasteiger partial charge on any atom is 0.261 e. The van der Waals surface area contributed by atoms with E-state index in [2.05, 4.69) is 34.6 Å². The lowest BCUT2D eigenvalue weighted by Gasteiger charge is -2.33. The molecule has 0 radical (unpaired) electrons. The van der Waals surface area contributed by atoms with Gasteiger partial charge < -0.3 is 4.74 Å². The van der Waals surface area contributed by atoms with Crippen LogP contribution in [-0.2, 0) is 0 Å². The van der Waals surface area contributed by atoms with Crippen LogP contribution in [0.3, 0.4) is 0 Å². The first-order valence-electron chi connectivity index (χ1n) is 12.0. The van der Waals surface area contributed by atoms with Crippen LogP contribution in [0.1, 0.15) is 95.3 Å². The smallest absolute Gasteiger partial charge is 0.261 e. The van der Waals surface area contributed by atoms with E-state index in [-0.39, 0.29) is 40.0 Å². The minimum atomic E-state index is -0.384. The highest BCUT2D eigenvalue weighted by molar-refractivity contribution is 6.22. The third kappa shape index (κ3) is 4.59. The van der Waals surface area contributed by atoms with Crippen LogP contribution in [0.25, 0.3) is 0 Å². The van der Waals surface area contributed by atoms with Gasteiger partial charge in [-0.1, -0.05) is 41.0 Å². The first-order chi connectivity index (χ1) is 16.3. The van der Waals surface area contributed by atoms with Gasteiger partial charge in [-0.15, -0.1) is 0 Å². The lowest BCUT2D eigenvalue weighted by atomic mass is 9.77. The molecule has 2 aliphatic rings. The van der Waals surface area contributed by atoms with Crippen LogP contribution in [0.2, 0.25) is 0 Å². The van der Waals surface area contributed by atoms with Crippen molar-refractivity contribution >= 4 is 23.6 Å².